The lowest BCUT2D eigenvalue weighted by Crippen LogP contribution is -2.53. The molecule has 1 aliphatic carbocycles. The zero-order valence-corrected chi connectivity index (χ0v) is 23.0. The number of hydrogen-bond acceptors (Lipinski definition) is 4. The fourth-order valence-corrected chi connectivity index (χ4v) is 5.68. The molecule has 1 atom stereocenters. The summed E-state index contributed by atoms with van der Waals surface area (Å²) in [4.78, 5) is 28.5. The van der Waals surface area contributed by atoms with E-state index in [-0.39, 0.29) is 18.5 Å². The zero-order valence-electron chi connectivity index (χ0n) is 20.6. The Kier molecular flexibility index (Phi) is 10.0. The Labute approximate surface area is 223 Å². The number of amides is 2. The van der Waals surface area contributed by atoms with Gasteiger partial charge in [0.15, 0.2) is 0 Å². The fourth-order valence-electron chi connectivity index (χ4n) is 4.51. The van der Waals surface area contributed by atoms with E-state index in [0.29, 0.717) is 27.7 Å². The first-order valence-corrected chi connectivity index (χ1v) is 14.8. The smallest absolute Gasteiger partial charge is 0.244 e. The molecular formula is C26H33Cl2N3O4S. The summed E-state index contributed by atoms with van der Waals surface area (Å²) in [5.74, 6) is -0.718. The summed E-state index contributed by atoms with van der Waals surface area (Å²) in [6.45, 7) is 1.49. The summed E-state index contributed by atoms with van der Waals surface area (Å²) in [7, 11) is -3.76. The van der Waals surface area contributed by atoms with Crippen LogP contribution in [0.5, 0.6) is 0 Å². The van der Waals surface area contributed by atoms with Gasteiger partial charge >= 0.3 is 0 Å². The maximum Gasteiger partial charge on any atom is 0.244 e. The molecule has 0 bridgehead atoms. The Balaban J connectivity index is 1.91. The van der Waals surface area contributed by atoms with Crippen molar-refractivity contribution >= 4 is 50.7 Å². The lowest BCUT2D eigenvalue weighted by atomic mass is 9.95. The van der Waals surface area contributed by atoms with E-state index < -0.39 is 28.5 Å². The molecule has 2 aromatic carbocycles. The van der Waals surface area contributed by atoms with Crippen LogP contribution >= 0.6 is 23.2 Å². The third-order valence-electron chi connectivity index (χ3n) is 6.40. The van der Waals surface area contributed by atoms with Crippen molar-refractivity contribution in [3.8, 4) is 0 Å². The molecule has 0 radical (unpaired) electrons. The number of nitrogens with zero attached hydrogens (tertiary/aromatic N) is 2. The van der Waals surface area contributed by atoms with Gasteiger partial charge in [0.2, 0.25) is 21.8 Å². The standard InChI is InChI=1S/C26H33Cl2N3O4S/c1-3-24(26(33)29-20-10-6-4-7-11-20)30(17-19-14-15-22(27)23(28)16-19)25(32)18-31(36(2,34)35)21-12-8-5-9-13-21/h5,8-9,12-16,20,24H,3-4,6-7,10-11,17-18H2,1-2H3,(H,29,33)/t24-/m0/s1. The Morgan fingerprint density at radius 2 is 1.69 bits per heavy atom. The number of nitrogens with one attached hydrogen (secondary N) is 1. The SMILES string of the molecule is CC[C@@H](C(=O)NC1CCCCC1)N(Cc1ccc(Cl)c(Cl)c1)C(=O)CN(c1ccccc1)S(C)(=O)=O. The first-order valence-electron chi connectivity index (χ1n) is 12.2. The predicted octanol–water partition coefficient (Wildman–Crippen LogP) is 5.02. The van der Waals surface area contributed by atoms with Crippen LogP contribution in [0.25, 0.3) is 0 Å². The molecule has 0 aromatic heterocycles. The van der Waals surface area contributed by atoms with Crippen molar-refractivity contribution in [2.45, 2.75) is 64.1 Å². The molecule has 0 heterocycles. The normalized spacial score (nSPS) is 15.2. The highest BCUT2D eigenvalue weighted by Crippen LogP contribution is 2.25. The number of hydrogen-bond donors (Lipinski definition) is 1. The summed E-state index contributed by atoms with van der Waals surface area (Å²) in [6, 6.07) is 12.8. The minimum absolute atomic E-state index is 0.0821. The molecule has 1 saturated carbocycles. The van der Waals surface area contributed by atoms with Crippen molar-refractivity contribution in [3.05, 3.63) is 64.1 Å². The highest BCUT2D eigenvalue weighted by molar-refractivity contribution is 7.92. The number of benzene rings is 2. The Hall–Kier alpha value is -2.29. The third kappa shape index (κ3) is 7.60. The van der Waals surface area contributed by atoms with E-state index >= 15 is 0 Å². The van der Waals surface area contributed by atoms with E-state index in [2.05, 4.69) is 5.32 Å². The Morgan fingerprint density at radius 1 is 1.03 bits per heavy atom. The van der Waals surface area contributed by atoms with E-state index in [1.807, 2.05) is 6.92 Å². The van der Waals surface area contributed by atoms with Crippen LogP contribution < -0.4 is 9.62 Å². The summed E-state index contributed by atoms with van der Waals surface area (Å²) < 4.78 is 26.3. The average molecular weight is 555 g/mol. The van der Waals surface area contributed by atoms with Crippen LogP contribution in [0.4, 0.5) is 5.69 Å². The molecule has 0 saturated heterocycles. The van der Waals surface area contributed by atoms with Crippen LogP contribution in [0.1, 0.15) is 51.0 Å². The zero-order chi connectivity index (χ0) is 26.3. The average Bonchev–Trinajstić information content (AvgIpc) is 2.85. The second-order valence-corrected chi connectivity index (χ2v) is 11.9. The molecule has 0 spiro atoms. The number of carbonyl (C=O) groups excluding carboxylic acids is 2. The van der Waals surface area contributed by atoms with E-state index in [1.54, 1.807) is 48.5 Å². The van der Waals surface area contributed by atoms with Crippen LogP contribution in [-0.2, 0) is 26.2 Å². The van der Waals surface area contributed by atoms with Crippen molar-refractivity contribution in [2.75, 3.05) is 17.1 Å². The van der Waals surface area contributed by atoms with Gasteiger partial charge in [-0.15, -0.1) is 0 Å². The second-order valence-electron chi connectivity index (χ2n) is 9.14. The molecule has 2 amide bonds. The molecule has 1 aliphatic rings. The Bertz CT molecular complexity index is 1160. The van der Waals surface area contributed by atoms with Gasteiger partial charge < -0.3 is 10.2 Å². The molecule has 0 unspecified atom stereocenters. The van der Waals surface area contributed by atoms with E-state index in [4.69, 9.17) is 23.2 Å². The number of rotatable bonds is 10. The fraction of sp³-hybridized carbons (Fsp3) is 0.462. The molecule has 1 N–H and O–H groups in total. The van der Waals surface area contributed by atoms with Gasteiger partial charge in [0.05, 0.1) is 22.0 Å². The van der Waals surface area contributed by atoms with Crippen LogP contribution in [0.3, 0.4) is 0 Å². The van der Waals surface area contributed by atoms with E-state index in [9.17, 15) is 18.0 Å². The summed E-state index contributed by atoms with van der Waals surface area (Å²) in [6.07, 6.45) is 6.55. The second kappa shape index (κ2) is 12.8. The van der Waals surface area contributed by atoms with Crippen molar-refractivity contribution in [1.29, 1.82) is 0 Å². The minimum Gasteiger partial charge on any atom is -0.352 e. The first kappa shape index (κ1) is 28.3. The van der Waals surface area contributed by atoms with Crippen molar-refractivity contribution < 1.29 is 18.0 Å². The molecular weight excluding hydrogens is 521 g/mol. The third-order valence-corrected chi connectivity index (χ3v) is 8.28. The maximum absolute atomic E-state index is 13.7. The summed E-state index contributed by atoms with van der Waals surface area (Å²) in [5, 5.41) is 3.83. The molecule has 36 heavy (non-hydrogen) atoms. The van der Waals surface area contributed by atoms with Crippen LogP contribution in [0.2, 0.25) is 10.0 Å². The summed E-state index contributed by atoms with van der Waals surface area (Å²) >= 11 is 12.3. The molecule has 0 aliphatic heterocycles. The number of para-hydroxylation sites is 1. The minimum atomic E-state index is -3.76. The quantitative estimate of drug-likeness (QED) is 0.447. The highest BCUT2D eigenvalue weighted by atomic mass is 35.5. The monoisotopic (exact) mass is 553 g/mol. The van der Waals surface area contributed by atoms with Crippen molar-refractivity contribution in [1.82, 2.24) is 10.2 Å². The molecule has 7 nitrogen and oxygen atoms in total. The van der Waals surface area contributed by atoms with Crippen molar-refractivity contribution in [2.24, 2.45) is 0 Å². The Morgan fingerprint density at radius 3 is 2.28 bits per heavy atom. The first-order chi connectivity index (χ1) is 17.1. The van der Waals surface area contributed by atoms with Crippen molar-refractivity contribution in [3.63, 3.8) is 0 Å². The molecule has 196 valence electrons. The lowest BCUT2D eigenvalue weighted by Gasteiger charge is -2.34. The van der Waals surface area contributed by atoms with E-state index in [1.165, 1.54) is 4.90 Å². The van der Waals surface area contributed by atoms with Gasteiger partial charge in [-0.05, 0) is 49.1 Å². The largest absolute Gasteiger partial charge is 0.352 e. The highest BCUT2D eigenvalue weighted by Gasteiger charge is 2.32. The number of anilines is 1. The van der Waals surface area contributed by atoms with Gasteiger partial charge in [-0.3, -0.25) is 13.9 Å². The number of halogens is 2. The van der Waals surface area contributed by atoms with Gasteiger partial charge in [-0.1, -0.05) is 73.7 Å². The van der Waals surface area contributed by atoms with Gasteiger partial charge in [-0.25, -0.2) is 8.42 Å². The lowest BCUT2D eigenvalue weighted by molar-refractivity contribution is -0.140. The predicted molar refractivity (Wildman–Crippen MR) is 145 cm³/mol. The topological polar surface area (TPSA) is 86.8 Å². The molecule has 3 rings (SSSR count). The van der Waals surface area contributed by atoms with Crippen LogP contribution in [-0.4, -0.2) is 50.0 Å². The van der Waals surface area contributed by atoms with Crippen LogP contribution in [0, 0.1) is 0 Å². The van der Waals surface area contributed by atoms with Gasteiger partial charge in [0.1, 0.15) is 12.6 Å². The molecule has 1 fully saturated rings. The number of carbonyl (C=O) groups is 2. The van der Waals surface area contributed by atoms with Gasteiger partial charge in [0, 0.05) is 12.6 Å². The summed E-state index contributed by atoms with van der Waals surface area (Å²) in [5.41, 5.74) is 1.06. The van der Waals surface area contributed by atoms with Gasteiger partial charge in [0.25, 0.3) is 0 Å². The molecule has 2 aromatic rings. The molecule has 10 heteroatoms. The maximum atomic E-state index is 13.7. The van der Waals surface area contributed by atoms with Crippen LogP contribution in [0.15, 0.2) is 48.5 Å². The van der Waals surface area contributed by atoms with Gasteiger partial charge in [-0.2, -0.15) is 0 Å². The number of sulfonamides is 1. The van der Waals surface area contributed by atoms with E-state index in [0.717, 1.165) is 42.7 Å².